The molecule has 22 heavy (non-hydrogen) atoms. The Morgan fingerprint density at radius 2 is 1.68 bits per heavy atom. The molecule has 1 amide bonds. The molecule has 5 nitrogen and oxygen atoms in total. The molecule has 0 aliphatic heterocycles. The summed E-state index contributed by atoms with van der Waals surface area (Å²) in [5.41, 5.74) is 0.692. The largest absolute Gasteiger partial charge is 0.497 e. The summed E-state index contributed by atoms with van der Waals surface area (Å²) in [6, 6.07) is 14.3. The van der Waals surface area contributed by atoms with E-state index in [9.17, 15) is 4.79 Å². The van der Waals surface area contributed by atoms with Crippen LogP contribution in [0.2, 0.25) is 0 Å². The van der Waals surface area contributed by atoms with E-state index in [1.165, 1.54) is 0 Å². The number of ether oxygens (including phenoxy) is 3. The van der Waals surface area contributed by atoms with Gasteiger partial charge < -0.3 is 19.5 Å². The molecule has 2 aromatic carbocycles. The van der Waals surface area contributed by atoms with Gasteiger partial charge in [-0.05, 0) is 43.3 Å². The summed E-state index contributed by atoms with van der Waals surface area (Å²) >= 11 is 0. The minimum absolute atomic E-state index is 0.0678. The predicted molar refractivity (Wildman–Crippen MR) is 84.7 cm³/mol. The maximum Gasteiger partial charge on any atom is 0.262 e. The molecule has 0 saturated heterocycles. The van der Waals surface area contributed by atoms with E-state index in [-0.39, 0.29) is 12.5 Å². The topological polar surface area (TPSA) is 56.8 Å². The number of benzene rings is 2. The normalized spacial score (nSPS) is 9.91. The third kappa shape index (κ3) is 4.70. The van der Waals surface area contributed by atoms with Crippen LogP contribution in [0, 0.1) is 0 Å². The molecule has 1 N–H and O–H groups in total. The molecule has 0 fully saturated rings. The number of carbonyl (C=O) groups excluding carboxylic acids is 1. The number of carbonyl (C=O) groups is 1. The number of nitrogens with one attached hydrogen (secondary N) is 1. The maximum atomic E-state index is 11.9. The second-order valence-corrected chi connectivity index (χ2v) is 4.47. The van der Waals surface area contributed by atoms with E-state index in [0.717, 1.165) is 11.5 Å². The van der Waals surface area contributed by atoms with Crippen molar-refractivity contribution < 1.29 is 19.0 Å². The second kappa shape index (κ2) is 7.93. The van der Waals surface area contributed by atoms with Crippen molar-refractivity contribution in [2.24, 2.45) is 0 Å². The van der Waals surface area contributed by atoms with E-state index in [0.29, 0.717) is 18.0 Å². The number of amides is 1. The Bertz CT molecular complexity index is 610. The number of hydrogen-bond donors (Lipinski definition) is 1. The first kappa shape index (κ1) is 15.7. The van der Waals surface area contributed by atoms with Crippen LogP contribution in [0.4, 0.5) is 5.69 Å². The molecule has 2 aromatic rings. The van der Waals surface area contributed by atoms with E-state index < -0.39 is 0 Å². The van der Waals surface area contributed by atoms with Gasteiger partial charge in [0.1, 0.15) is 17.2 Å². The molecule has 0 heterocycles. The van der Waals surface area contributed by atoms with E-state index in [1.54, 1.807) is 43.5 Å². The zero-order chi connectivity index (χ0) is 15.8. The first-order valence-corrected chi connectivity index (χ1v) is 7.01. The fourth-order valence-electron chi connectivity index (χ4n) is 1.84. The first-order chi connectivity index (χ1) is 10.7. The summed E-state index contributed by atoms with van der Waals surface area (Å²) in [7, 11) is 1.60. The highest BCUT2D eigenvalue weighted by molar-refractivity contribution is 5.91. The predicted octanol–water partition coefficient (Wildman–Crippen LogP) is 3.11. The standard InChI is InChI=1S/C17H19NO4/c1-3-21-15-5-4-6-16(11-15)22-12-17(19)18-13-7-9-14(20-2)10-8-13/h4-11H,3,12H2,1-2H3,(H,18,19). The van der Waals surface area contributed by atoms with Gasteiger partial charge in [0.2, 0.25) is 0 Å². The Kier molecular flexibility index (Phi) is 5.65. The highest BCUT2D eigenvalue weighted by atomic mass is 16.5. The van der Waals surface area contributed by atoms with Crippen molar-refractivity contribution in [1.82, 2.24) is 0 Å². The third-order valence-electron chi connectivity index (χ3n) is 2.86. The Balaban J connectivity index is 1.85. The SMILES string of the molecule is CCOc1cccc(OCC(=O)Nc2ccc(OC)cc2)c1. The minimum atomic E-state index is -0.230. The van der Waals surface area contributed by atoms with Crippen molar-refractivity contribution in [3.05, 3.63) is 48.5 Å². The molecule has 0 aliphatic carbocycles. The molecule has 0 bridgehead atoms. The molecule has 0 saturated carbocycles. The van der Waals surface area contributed by atoms with Crippen LogP contribution in [-0.2, 0) is 4.79 Å². The van der Waals surface area contributed by atoms with Crippen LogP contribution in [0.1, 0.15) is 6.92 Å². The van der Waals surface area contributed by atoms with Crippen molar-refractivity contribution >= 4 is 11.6 Å². The van der Waals surface area contributed by atoms with E-state index in [1.807, 2.05) is 19.1 Å². The lowest BCUT2D eigenvalue weighted by Gasteiger charge is -2.09. The lowest BCUT2D eigenvalue weighted by Crippen LogP contribution is -2.20. The number of hydrogen-bond acceptors (Lipinski definition) is 4. The van der Waals surface area contributed by atoms with Crippen molar-refractivity contribution in [3.63, 3.8) is 0 Å². The van der Waals surface area contributed by atoms with Crippen molar-refractivity contribution in [1.29, 1.82) is 0 Å². The average Bonchev–Trinajstić information content (AvgIpc) is 2.54. The summed E-state index contributed by atoms with van der Waals surface area (Å²) in [6.45, 7) is 2.43. The van der Waals surface area contributed by atoms with Crippen molar-refractivity contribution in [3.8, 4) is 17.2 Å². The molecular weight excluding hydrogens is 282 g/mol. The monoisotopic (exact) mass is 301 g/mol. The number of methoxy groups -OCH3 is 1. The van der Waals surface area contributed by atoms with Gasteiger partial charge in [-0.1, -0.05) is 6.07 Å². The van der Waals surface area contributed by atoms with Crippen LogP contribution in [0.5, 0.6) is 17.2 Å². The molecule has 5 heteroatoms. The molecule has 2 rings (SSSR count). The summed E-state index contributed by atoms with van der Waals surface area (Å²) in [5, 5.41) is 2.75. The molecular formula is C17H19NO4. The van der Waals surface area contributed by atoms with Gasteiger partial charge in [0.15, 0.2) is 6.61 Å². The maximum absolute atomic E-state index is 11.9. The van der Waals surface area contributed by atoms with Gasteiger partial charge in [-0.25, -0.2) is 0 Å². The quantitative estimate of drug-likeness (QED) is 0.853. The summed E-state index contributed by atoms with van der Waals surface area (Å²) in [5.74, 6) is 1.82. The number of rotatable bonds is 7. The lowest BCUT2D eigenvalue weighted by atomic mass is 10.3. The van der Waals surface area contributed by atoms with Crippen LogP contribution in [0.15, 0.2) is 48.5 Å². The van der Waals surface area contributed by atoms with Gasteiger partial charge in [-0.3, -0.25) is 4.79 Å². The molecule has 0 spiro atoms. The van der Waals surface area contributed by atoms with E-state index >= 15 is 0 Å². The molecule has 0 unspecified atom stereocenters. The first-order valence-electron chi connectivity index (χ1n) is 7.01. The summed E-state index contributed by atoms with van der Waals surface area (Å²) < 4.78 is 15.9. The number of anilines is 1. The van der Waals surface area contributed by atoms with Gasteiger partial charge in [0.25, 0.3) is 5.91 Å². The molecule has 0 radical (unpaired) electrons. The highest BCUT2D eigenvalue weighted by Crippen LogP contribution is 2.19. The Labute approximate surface area is 129 Å². The minimum Gasteiger partial charge on any atom is -0.497 e. The van der Waals surface area contributed by atoms with Crippen LogP contribution in [0.3, 0.4) is 0 Å². The Morgan fingerprint density at radius 1 is 1.00 bits per heavy atom. The fraction of sp³-hybridized carbons (Fsp3) is 0.235. The van der Waals surface area contributed by atoms with E-state index in [2.05, 4.69) is 5.32 Å². The van der Waals surface area contributed by atoms with Crippen LogP contribution < -0.4 is 19.5 Å². The molecule has 0 aromatic heterocycles. The van der Waals surface area contributed by atoms with Crippen molar-refractivity contribution in [2.75, 3.05) is 25.6 Å². The van der Waals surface area contributed by atoms with Crippen molar-refractivity contribution in [2.45, 2.75) is 6.92 Å². The second-order valence-electron chi connectivity index (χ2n) is 4.47. The van der Waals surface area contributed by atoms with Gasteiger partial charge in [0.05, 0.1) is 13.7 Å². The molecule has 0 atom stereocenters. The van der Waals surface area contributed by atoms with Gasteiger partial charge in [-0.2, -0.15) is 0 Å². The van der Waals surface area contributed by atoms with Gasteiger partial charge >= 0.3 is 0 Å². The zero-order valence-corrected chi connectivity index (χ0v) is 12.7. The van der Waals surface area contributed by atoms with Gasteiger partial charge in [0, 0.05) is 11.8 Å². The Hall–Kier alpha value is -2.69. The van der Waals surface area contributed by atoms with Gasteiger partial charge in [-0.15, -0.1) is 0 Å². The lowest BCUT2D eigenvalue weighted by molar-refractivity contribution is -0.118. The summed E-state index contributed by atoms with van der Waals surface area (Å²) in [6.07, 6.45) is 0. The summed E-state index contributed by atoms with van der Waals surface area (Å²) in [4.78, 5) is 11.9. The molecule has 116 valence electrons. The van der Waals surface area contributed by atoms with Crippen LogP contribution >= 0.6 is 0 Å². The zero-order valence-electron chi connectivity index (χ0n) is 12.7. The average molecular weight is 301 g/mol. The van der Waals surface area contributed by atoms with Crippen LogP contribution in [0.25, 0.3) is 0 Å². The van der Waals surface area contributed by atoms with Crippen LogP contribution in [-0.4, -0.2) is 26.2 Å². The smallest absolute Gasteiger partial charge is 0.262 e. The van der Waals surface area contributed by atoms with E-state index in [4.69, 9.17) is 14.2 Å². The Morgan fingerprint density at radius 3 is 2.32 bits per heavy atom. The highest BCUT2D eigenvalue weighted by Gasteiger charge is 2.05. The third-order valence-corrected chi connectivity index (χ3v) is 2.86. The fourth-order valence-corrected chi connectivity index (χ4v) is 1.84. The molecule has 0 aliphatic rings.